The molecule has 0 aromatic carbocycles. The van der Waals surface area contributed by atoms with Crippen molar-refractivity contribution in [2.24, 2.45) is 17.1 Å². The molecule has 0 bridgehead atoms. The Labute approximate surface area is 103 Å². The molecule has 2 N–H and O–H groups in total. The Bertz CT molecular complexity index is 366. The van der Waals surface area contributed by atoms with E-state index < -0.39 is 0 Å². The predicted octanol–water partition coefficient (Wildman–Crippen LogP) is 1.81. The quantitative estimate of drug-likeness (QED) is 0.848. The largest absolute Gasteiger partial charge is 0.355 e. The highest BCUT2D eigenvalue weighted by atomic mass is 15.3. The van der Waals surface area contributed by atoms with Crippen molar-refractivity contribution in [2.75, 3.05) is 18.0 Å². The predicted molar refractivity (Wildman–Crippen MR) is 69.7 cm³/mol. The maximum atomic E-state index is 5.52. The average molecular weight is 234 g/mol. The lowest BCUT2D eigenvalue weighted by Gasteiger charge is -2.27. The molecular formula is C13H22N4. The SMILES string of the molecule is CC(C)(C)C1CCN(c2ccc(CN)nn2)C1. The van der Waals surface area contributed by atoms with Gasteiger partial charge in [-0.3, -0.25) is 0 Å². The van der Waals surface area contributed by atoms with Gasteiger partial charge in [-0.2, -0.15) is 5.10 Å². The Morgan fingerprint density at radius 2 is 2.12 bits per heavy atom. The first-order valence-electron chi connectivity index (χ1n) is 6.28. The highest BCUT2D eigenvalue weighted by molar-refractivity contribution is 5.38. The first-order chi connectivity index (χ1) is 8.00. The molecule has 0 amide bonds. The Morgan fingerprint density at radius 1 is 1.35 bits per heavy atom. The van der Waals surface area contributed by atoms with Crippen LogP contribution >= 0.6 is 0 Å². The van der Waals surface area contributed by atoms with E-state index in [-0.39, 0.29) is 0 Å². The topological polar surface area (TPSA) is 55.0 Å². The highest BCUT2D eigenvalue weighted by Crippen LogP contribution is 2.34. The fraction of sp³-hybridized carbons (Fsp3) is 0.692. The second kappa shape index (κ2) is 4.61. The molecule has 1 aliphatic rings. The number of rotatable bonds is 2. The number of anilines is 1. The molecule has 0 spiro atoms. The van der Waals surface area contributed by atoms with Gasteiger partial charge in [0.1, 0.15) is 0 Å². The summed E-state index contributed by atoms with van der Waals surface area (Å²) in [5.74, 6) is 1.72. The molecule has 2 rings (SSSR count). The van der Waals surface area contributed by atoms with Gasteiger partial charge in [-0.15, -0.1) is 5.10 Å². The smallest absolute Gasteiger partial charge is 0.151 e. The summed E-state index contributed by atoms with van der Waals surface area (Å²) in [5, 5.41) is 8.36. The Balaban J connectivity index is 2.05. The van der Waals surface area contributed by atoms with Gasteiger partial charge in [0.15, 0.2) is 5.82 Å². The summed E-state index contributed by atoms with van der Waals surface area (Å²) < 4.78 is 0. The molecule has 1 aromatic rings. The zero-order chi connectivity index (χ0) is 12.5. The molecule has 0 saturated carbocycles. The summed E-state index contributed by atoms with van der Waals surface area (Å²) in [4.78, 5) is 2.32. The van der Waals surface area contributed by atoms with Crippen LogP contribution in [-0.2, 0) is 6.54 Å². The summed E-state index contributed by atoms with van der Waals surface area (Å²) in [5.41, 5.74) is 6.74. The van der Waals surface area contributed by atoms with Crippen LogP contribution in [0.1, 0.15) is 32.9 Å². The van der Waals surface area contributed by atoms with Gasteiger partial charge >= 0.3 is 0 Å². The van der Waals surface area contributed by atoms with E-state index in [4.69, 9.17) is 5.73 Å². The lowest BCUT2D eigenvalue weighted by Crippen LogP contribution is -2.26. The van der Waals surface area contributed by atoms with Gasteiger partial charge in [0, 0.05) is 19.6 Å². The lowest BCUT2D eigenvalue weighted by molar-refractivity contribution is 0.263. The lowest BCUT2D eigenvalue weighted by atomic mass is 9.80. The fourth-order valence-corrected chi connectivity index (χ4v) is 2.31. The second-order valence-electron chi connectivity index (χ2n) is 5.88. The van der Waals surface area contributed by atoms with Gasteiger partial charge in [-0.25, -0.2) is 0 Å². The normalized spacial score (nSPS) is 20.9. The van der Waals surface area contributed by atoms with Crippen molar-refractivity contribution in [1.29, 1.82) is 0 Å². The number of nitrogens with two attached hydrogens (primary N) is 1. The Hall–Kier alpha value is -1.16. The Morgan fingerprint density at radius 3 is 2.59 bits per heavy atom. The molecule has 17 heavy (non-hydrogen) atoms. The standard InChI is InChI=1S/C13H22N4/c1-13(2,3)10-6-7-17(9-10)12-5-4-11(8-14)15-16-12/h4-5,10H,6-9,14H2,1-3H3. The van der Waals surface area contributed by atoms with Gasteiger partial charge in [-0.05, 0) is 29.9 Å². The van der Waals surface area contributed by atoms with E-state index in [0.29, 0.717) is 12.0 Å². The summed E-state index contributed by atoms with van der Waals surface area (Å²) in [6, 6.07) is 3.99. The number of nitrogens with zero attached hydrogens (tertiary/aromatic N) is 3. The van der Waals surface area contributed by atoms with E-state index in [1.807, 2.05) is 12.1 Å². The molecule has 1 saturated heterocycles. The molecule has 4 heteroatoms. The van der Waals surface area contributed by atoms with Crippen molar-refractivity contribution >= 4 is 5.82 Å². The fourth-order valence-electron chi connectivity index (χ4n) is 2.31. The number of aromatic nitrogens is 2. The highest BCUT2D eigenvalue weighted by Gasteiger charge is 2.32. The molecule has 1 fully saturated rings. The van der Waals surface area contributed by atoms with Gasteiger partial charge < -0.3 is 10.6 Å². The average Bonchev–Trinajstić information content (AvgIpc) is 2.78. The van der Waals surface area contributed by atoms with Crippen LogP contribution in [0.15, 0.2) is 12.1 Å². The first-order valence-corrected chi connectivity index (χ1v) is 6.28. The van der Waals surface area contributed by atoms with Crippen LogP contribution in [0.3, 0.4) is 0 Å². The monoisotopic (exact) mass is 234 g/mol. The molecule has 2 heterocycles. The minimum Gasteiger partial charge on any atom is -0.355 e. The molecule has 0 aliphatic carbocycles. The molecule has 1 aromatic heterocycles. The molecule has 94 valence electrons. The summed E-state index contributed by atoms with van der Waals surface area (Å²) in [7, 11) is 0. The van der Waals surface area contributed by atoms with E-state index in [1.165, 1.54) is 6.42 Å². The van der Waals surface area contributed by atoms with Crippen molar-refractivity contribution in [2.45, 2.75) is 33.7 Å². The minimum absolute atomic E-state index is 0.374. The van der Waals surface area contributed by atoms with Crippen molar-refractivity contribution in [3.63, 3.8) is 0 Å². The third-order valence-corrected chi connectivity index (χ3v) is 3.65. The molecular weight excluding hydrogens is 212 g/mol. The van der Waals surface area contributed by atoms with Crippen LogP contribution in [0.2, 0.25) is 0 Å². The number of hydrogen-bond donors (Lipinski definition) is 1. The van der Waals surface area contributed by atoms with Crippen molar-refractivity contribution < 1.29 is 0 Å². The molecule has 1 unspecified atom stereocenters. The summed E-state index contributed by atoms with van der Waals surface area (Å²) >= 11 is 0. The van der Waals surface area contributed by atoms with Crippen molar-refractivity contribution in [1.82, 2.24) is 10.2 Å². The van der Waals surface area contributed by atoms with Gasteiger partial charge in [-0.1, -0.05) is 20.8 Å². The van der Waals surface area contributed by atoms with E-state index in [0.717, 1.165) is 30.5 Å². The van der Waals surface area contributed by atoms with E-state index in [1.54, 1.807) is 0 Å². The van der Waals surface area contributed by atoms with E-state index in [2.05, 4.69) is 35.9 Å². The van der Waals surface area contributed by atoms with Crippen LogP contribution in [0.5, 0.6) is 0 Å². The third kappa shape index (κ3) is 2.75. The van der Waals surface area contributed by atoms with E-state index >= 15 is 0 Å². The van der Waals surface area contributed by atoms with Gasteiger partial charge in [0.25, 0.3) is 0 Å². The molecule has 1 aliphatic heterocycles. The maximum absolute atomic E-state index is 5.52. The summed E-state index contributed by atoms with van der Waals surface area (Å²) in [6.07, 6.45) is 1.24. The van der Waals surface area contributed by atoms with E-state index in [9.17, 15) is 0 Å². The third-order valence-electron chi connectivity index (χ3n) is 3.65. The molecule has 1 atom stereocenters. The van der Waals surface area contributed by atoms with Gasteiger partial charge in [0.05, 0.1) is 5.69 Å². The first kappa shape index (κ1) is 12.3. The zero-order valence-electron chi connectivity index (χ0n) is 11.0. The number of hydrogen-bond acceptors (Lipinski definition) is 4. The van der Waals surface area contributed by atoms with Crippen molar-refractivity contribution in [3.05, 3.63) is 17.8 Å². The minimum atomic E-state index is 0.374. The Kier molecular flexibility index (Phi) is 3.33. The maximum Gasteiger partial charge on any atom is 0.151 e. The zero-order valence-corrected chi connectivity index (χ0v) is 11.0. The van der Waals surface area contributed by atoms with Crippen LogP contribution in [0.25, 0.3) is 0 Å². The van der Waals surface area contributed by atoms with Crippen LogP contribution < -0.4 is 10.6 Å². The second-order valence-corrected chi connectivity index (χ2v) is 5.88. The van der Waals surface area contributed by atoms with Crippen LogP contribution in [-0.4, -0.2) is 23.3 Å². The van der Waals surface area contributed by atoms with Crippen LogP contribution in [0.4, 0.5) is 5.82 Å². The molecule has 4 nitrogen and oxygen atoms in total. The summed E-state index contributed by atoms with van der Waals surface area (Å²) in [6.45, 7) is 9.55. The molecule has 0 radical (unpaired) electrons. The van der Waals surface area contributed by atoms with Crippen molar-refractivity contribution in [3.8, 4) is 0 Å². The van der Waals surface area contributed by atoms with Gasteiger partial charge in [0.2, 0.25) is 0 Å². The van der Waals surface area contributed by atoms with Crippen LogP contribution in [0, 0.1) is 11.3 Å².